The lowest BCUT2D eigenvalue weighted by Crippen LogP contribution is -2.51. The second-order valence-corrected chi connectivity index (χ2v) is 8.85. The van der Waals surface area contributed by atoms with Gasteiger partial charge in [0, 0.05) is 30.5 Å². The summed E-state index contributed by atoms with van der Waals surface area (Å²) in [7, 11) is 1.35. The molecule has 6 nitrogen and oxygen atoms in total. The standard InChI is InChI=1S/C21H28ClNO5/c1-11-16(20(25)26-3)10-17(22)19-18(11)27-21(2,28-19)12-4-6-13(7-5-12)23-14-8-15(24)9-14/h10,12-15,23-24H,4-9H2,1-3H3. The number of carbonyl (C=O) groups is 1. The molecule has 1 aromatic carbocycles. The molecule has 28 heavy (non-hydrogen) atoms. The topological polar surface area (TPSA) is 77.0 Å². The van der Waals surface area contributed by atoms with Gasteiger partial charge in [0.1, 0.15) is 0 Å². The zero-order valence-electron chi connectivity index (χ0n) is 16.6. The molecule has 2 aliphatic carbocycles. The smallest absolute Gasteiger partial charge is 0.338 e. The van der Waals surface area contributed by atoms with E-state index in [1.54, 1.807) is 6.07 Å². The number of hydrogen-bond acceptors (Lipinski definition) is 6. The van der Waals surface area contributed by atoms with Crippen molar-refractivity contribution in [3.05, 3.63) is 22.2 Å². The zero-order valence-corrected chi connectivity index (χ0v) is 17.3. The average molecular weight is 410 g/mol. The minimum atomic E-state index is -0.789. The van der Waals surface area contributed by atoms with Crippen molar-refractivity contribution in [3.8, 4) is 11.5 Å². The first kappa shape index (κ1) is 19.8. The number of halogens is 1. The monoisotopic (exact) mass is 409 g/mol. The number of aliphatic hydroxyl groups is 1. The highest BCUT2D eigenvalue weighted by Gasteiger charge is 2.47. The van der Waals surface area contributed by atoms with Crippen molar-refractivity contribution in [1.82, 2.24) is 5.32 Å². The molecular formula is C21H28ClNO5. The van der Waals surface area contributed by atoms with Crippen LogP contribution in [0.5, 0.6) is 11.5 Å². The Bertz CT molecular complexity index is 771. The van der Waals surface area contributed by atoms with E-state index >= 15 is 0 Å². The lowest BCUT2D eigenvalue weighted by molar-refractivity contribution is -0.121. The molecule has 1 unspecified atom stereocenters. The number of esters is 1. The van der Waals surface area contributed by atoms with Gasteiger partial charge in [0.25, 0.3) is 5.79 Å². The van der Waals surface area contributed by atoms with E-state index in [4.69, 9.17) is 25.8 Å². The van der Waals surface area contributed by atoms with E-state index in [1.807, 2.05) is 13.8 Å². The van der Waals surface area contributed by atoms with E-state index in [1.165, 1.54) is 7.11 Å². The maximum atomic E-state index is 12.0. The van der Waals surface area contributed by atoms with Crippen molar-refractivity contribution in [2.24, 2.45) is 5.92 Å². The summed E-state index contributed by atoms with van der Waals surface area (Å²) >= 11 is 6.39. The van der Waals surface area contributed by atoms with Gasteiger partial charge in [-0.2, -0.15) is 0 Å². The Kier molecular flexibility index (Phi) is 5.23. The van der Waals surface area contributed by atoms with E-state index in [0.29, 0.717) is 39.7 Å². The van der Waals surface area contributed by atoms with Crippen LogP contribution < -0.4 is 14.8 Å². The number of rotatable bonds is 4. The quantitative estimate of drug-likeness (QED) is 0.740. The van der Waals surface area contributed by atoms with Gasteiger partial charge in [-0.25, -0.2) is 4.79 Å². The van der Waals surface area contributed by atoms with Crippen LogP contribution in [-0.2, 0) is 4.74 Å². The van der Waals surface area contributed by atoms with Crippen LogP contribution in [0.15, 0.2) is 6.07 Å². The summed E-state index contributed by atoms with van der Waals surface area (Å²) < 4.78 is 17.3. The van der Waals surface area contributed by atoms with Crippen LogP contribution in [-0.4, -0.2) is 42.2 Å². The second kappa shape index (κ2) is 7.39. The predicted molar refractivity (Wildman–Crippen MR) is 105 cm³/mol. The van der Waals surface area contributed by atoms with Crippen LogP contribution in [0.2, 0.25) is 5.02 Å². The molecule has 7 heteroatoms. The third-order valence-electron chi connectivity index (χ3n) is 6.51. The lowest BCUT2D eigenvalue weighted by atomic mass is 9.80. The molecule has 0 bridgehead atoms. The summed E-state index contributed by atoms with van der Waals surface area (Å²) in [5, 5.41) is 13.5. The molecule has 0 aromatic heterocycles. The lowest BCUT2D eigenvalue weighted by Gasteiger charge is -2.40. The molecule has 2 saturated carbocycles. The number of ether oxygens (including phenoxy) is 3. The second-order valence-electron chi connectivity index (χ2n) is 8.44. The first-order valence-electron chi connectivity index (χ1n) is 10.0. The molecule has 0 spiro atoms. The Morgan fingerprint density at radius 1 is 1.21 bits per heavy atom. The molecule has 1 heterocycles. The van der Waals surface area contributed by atoms with Gasteiger partial charge in [0.05, 0.1) is 23.8 Å². The highest BCUT2D eigenvalue weighted by molar-refractivity contribution is 6.32. The maximum absolute atomic E-state index is 12.0. The Morgan fingerprint density at radius 2 is 1.86 bits per heavy atom. The minimum absolute atomic E-state index is 0.130. The average Bonchev–Trinajstić information content (AvgIpc) is 3.03. The van der Waals surface area contributed by atoms with Crippen LogP contribution in [0, 0.1) is 12.8 Å². The van der Waals surface area contributed by atoms with E-state index in [9.17, 15) is 9.90 Å². The zero-order chi connectivity index (χ0) is 20.1. The number of hydrogen-bond donors (Lipinski definition) is 2. The molecular weight excluding hydrogens is 382 g/mol. The van der Waals surface area contributed by atoms with Gasteiger partial charge < -0.3 is 24.6 Å². The van der Waals surface area contributed by atoms with Crippen LogP contribution in [0.4, 0.5) is 0 Å². The highest BCUT2D eigenvalue weighted by Crippen LogP contribution is 2.51. The van der Waals surface area contributed by atoms with Crippen molar-refractivity contribution in [3.63, 3.8) is 0 Å². The van der Waals surface area contributed by atoms with Crippen molar-refractivity contribution in [2.75, 3.05) is 7.11 Å². The number of aliphatic hydroxyl groups excluding tert-OH is 1. The SMILES string of the molecule is COC(=O)c1cc(Cl)c2c(c1C)OC(C)(C1CCC(NC3CC(O)C3)CC1)O2. The van der Waals surface area contributed by atoms with Crippen LogP contribution in [0.3, 0.4) is 0 Å². The number of fused-ring (bicyclic) bond motifs is 1. The molecule has 4 rings (SSSR count). The number of methoxy groups -OCH3 is 1. The van der Waals surface area contributed by atoms with Crippen molar-refractivity contribution < 1.29 is 24.1 Å². The molecule has 0 saturated heterocycles. The van der Waals surface area contributed by atoms with Gasteiger partial charge in [-0.3, -0.25) is 0 Å². The molecule has 154 valence electrons. The summed E-state index contributed by atoms with van der Waals surface area (Å²) in [6.07, 6.45) is 5.66. The molecule has 2 fully saturated rings. The maximum Gasteiger partial charge on any atom is 0.338 e. The fraction of sp³-hybridized carbons (Fsp3) is 0.667. The van der Waals surface area contributed by atoms with E-state index in [-0.39, 0.29) is 12.0 Å². The van der Waals surface area contributed by atoms with E-state index in [2.05, 4.69) is 5.32 Å². The van der Waals surface area contributed by atoms with Gasteiger partial charge in [-0.1, -0.05) is 11.6 Å². The van der Waals surface area contributed by atoms with Crippen LogP contribution in [0.1, 0.15) is 61.4 Å². The highest BCUT2D eigenvalue weighted by atomic mass is 35.5. The van der Waals surface area contributed by atoms with Crippen molar-refractivity contribution >= 4 is 17.6 Å². The van der Waals surface area contributed by atoms with Crippen LogP contribution in [0.25, 0.3) is 0 Å². The van der Waals surface area contributed by atoms with Gasteiger partial charge in [-0.05, 0) is 51.5 Å². The van der Waals surface area contributed by atoms with Gasteiger partial charge in [0.15, 0.2) is 11.5 Å². The molecule has 1 aliphatic heterocycles. The third kappa shape index (κ3) is 3.46. The number of carbonyl (C=O) groups excluding carboxylic acids is 1. The number of nitrogens with one attached hydrogen (secondary N) is 1. The molecule has 2 N–H and O–H groups in total. The Balaban J connectivity index is 1.44. The minimum Gasteiger partial charge on any atom is -0.465 e. The predicted octanol–water partition coefficient (Wildman–Crippen LogP) is 3.59. The van der Waals surface area contributed by atoms with Crippen molar-refractivity contribution in [1.29, 1.82) is 0 Å². The molecule has 1 aromatic rings. The van der Waals surface area contributed by atoms with E-state index in [0.717, 1.165) is 38.5 Å². The summed E-state index contributed by atoms with van der Waals surface area (Å²) in [4.78, 5) is 12.0. The first-order chi connectivity index (χ1) is 13.3. The fourth-order valence-electron chi connectivity index (χ4n) is 4.68. The molecule has 0 amide bonds. The van der Waals surface area contributed by atoms with Gasteiger partial charge >= 0.3 is 5.97 Å². The van der Waals surface area contributed by atoms with Crippen LogP contribution >= 0.6 is 11.6 Å². The van der Waals surface area contributed by atoms with Crippen molar-refractivity contribution in [2.45, 2.75) is 76.3 Å². The summed E-state index contributed by atoms with van der Waals surface area (Å²) in [5.41, 5.74) is 1.09. The summed E-state index contributed by atoms with van der Waals surface area (Å²) in [6, 6.07) is 2.52. The normalized spacial score (nSPS) is 34.0. The first-order valence-corrected chi connectivity index (χ1v) is 10.4. The Labute approximate surface area is 170 Å². The molecule has 3 aliphatic rings. The molecule has 0 radical (unpaired) electrons. The fourth-order valence-corrected chi connectivity index (χ4v) is 4.91. The Morgan fingerprint density at radius 3 is 2.46 bits per heavy atom. The number of benzene rings is 1. The largest absolute Gasteiger partial charge is 0.465 e. The van der Waals surface area contributed by atoms with Gasteiger partial charge in [-0.15, -0.1) is 0 Å². The third-order valence-corrected chi connectivity index (χ3v) is 6.79. The van der Waals surface area contributed by atoms with E-state index < -0.39 is 11.8 Å². The molecule has 1 atom stereocenters. The summed E-state index contributed by atoms with van der Waals surface area (Å²) in [5.74, 6) is 0.0644. The summed E-state index contributed by atoms with van der Waals surface area (Å²) in [6.45, 7) is 3.78. The van der Waals surface area contributed by atoms with Gasteiger partial charge in [0.2, 0.25) is 0 Å². The Hall–Kier alpha value is -1.50.